The number of Topliss-reactive ketones (excluding diaryl/α,β-unsaturated/α-hetero) is 1. The highest BCUT2D eigenvalue weighted by Crippen LogP contribution is 2.22. The number of rotatable bonds is 4. The van der Waals surface area contributed by atoms with E-state index in [1.165, 1.54) is 18.1 Å². The number of aromatic nitrogens is 3. The summed E-state index contributed by atoms with van der Waals surface area (Å²) in [6, 6.07) is 6.87. The predicted octanol–water partition coefficient (Wildman–Crippen LogP) is 2.82. The fourth-order valence-corrected chi connectivity index (χ4v) is 2.24. The van der Waals surface area contributed by atoms with Crippen LogP contribution in [-0.2, 0) is 0 Å². The first-order valence-corrected chi connectivity index (χ1v) is 6.24. The van der Waals surface area contributed by atoms with Crippen LogP contribution in [0, 0.1) is 0 Å². The minimum Gasteiger partial charge on any atom is -0.293 e. The van der Waals surface area contributed by atoms with Gasteiger partial charge in [0.2, 0.25) is 0 Å². The van der Waals surface area contributed by atoms with Gasteiger partial charge in [0.05, 0.1) is 5.25 Å². The summed E-state index contributed by atoms with van der Waals surface area (Å²) < 4.78 is 0. The first-order chi connectivity index (χ1) is 8.16. The lowest BCUT2D eigenvalue weighted by molar-refractivity contribution is 0.0994. The minimum absolute atomic E-state index is 0.0445. The normalized spacial score (nSPS) is 12.4. The van der Waals surface area contributed by atoms with Crippen molar-refractivity contribution in [3.8, 4) is 0 Å². The topological polar surface area (TPSA) is 58.6 Å². The number of H-pyrrole nitrogens is 1. The summed E-state index contributed by atoms with van der Waals surface area (Å²) in [5.41, 5.74) is 0.647. The third-order valence-electron chi connectivity index (χ3n) is 2.18. The van der Waals surface area contributed by atoms with Crippen LogP contribution in [0.4, 0.5) is 0 Å². The highest BCUT2D eigenvalue weighted by molar-refractivity contribution is 8.00. The summed E-state index contributed by atoms with van der Waals surface area (Å²) in [6.45, 7) is 1.84. The lowest BCUT2D eigenvalue weighted by atomic mass is 10.1. The molecule has 2 rings (SSSR count). The van der Waals surface area contributed by atoms with Crippen molar-refractivity contribution in [2.24, 2.45) is 0 Å². The van der Waals surface area contributed by atoms with E-state index < -0.39 is 0 Å². The van der Waals surface area contributed by atoms with E-state index in [-0.39, 0.29) is 11.0 Å². The Bertz CT molecular complexity index is 498. The molecule has 0 unspecified atom stereocenters. The van der Waals surface area contributed by atoms with Crippen LogP contribution in [0.1, 0.15) is 17.3 Å². The van der Waals surface area contributed by atoms with Gasteiger partial charge in [-0.2, -0.15) is 5.10 Å². The van der Waals surface area contributed by atoms with Gasteiger partial charge in [0.15, 0.2) is 10.9 Å². The fraction of sp³-hybridized carbons (Fsp3) is 0.182. The molecule has 2 aromatic rings. The van der Waals surface area contributed by atoms with Crippen molar-refractivity contribution >= 4 is 29.1 Å². The van der Waals surface area contributed by atoms with Gasteiger partial charge >= 0.3 is 0 Å². The number of carbonyl (C=O) groups is 1. The minimum atomic E-state index is -0.218. The molecule has 1 atom stereocenters. The number of aromatic amines is 1. The molecule has 0 amide bonds. The summed E-state index contributed by atoms with van der Waals surface area (Å²) in [7, 11) is 0. The van der Waals surface area contributed by atoms with Crippen molar-refractivity contribution in [3.63, 3.8) is 0 Å². The highest BCUT2D eigenvalue weighted by atomic mass is 35.5. The van der Waals surface area contributed by atoms with Gasteiger partial charge in [-0.05, 0) is 31.2 Å². The molecule has 1 aromatic heterocycles. The largest absolute Gasteiger partial charge is 0.293 e. The van der Waals surface area contributed by atoms with E-state index in [0.29, 0.717) is 15.7 Å². The lowest BCUT2D eigenvalue weighted by Crippen LogP contribution is -2.13. The molecule has 1 heterocycles. The van der Waals surface area contributed by atoms with E-state index in [0.717, 1.165) is 0 Å². The number of hydrogen-bond donors (Lipinski definition) is 1. The van der Waals surface area contributed by atoms with Gasteiger partial charge in [0, 0.05) is 10.6 Å². The van der Waals surface area contributed by atoms with Gasteiger partial charge < -0.3 is 0 Å². The number of nitrogens with one attached hydrogen (secondary N) is 1. The Morgan fingerprint density at radius 3 is 2.71 bits per heavy atom. The first-order valence-electron chi connectivity index (χ1n) is 4.98. The second-order valence-corrected chi connectivity index (χ2v) is 5.19. The van der Waals surface area contributed by atoms with E-state index in [2.05, 4.69) is 15.2 Å². The Morgan fingerprint density at radius 2 is 2.12 bits per heavy atom. The van der Waals surface area contributed by atoms with Crippen LogP contribution in [0.5, 0.6) is 0 Å². The summed E-state index contributed by atoms with van der Waals surface area (Å²) in [5.74, 6) is 0.0445. The Labute approximate surface area is 108 Å². The molecule has 0 bridgehead atoms. The Hall–Kier alpha value is -1.33. The van der Waals surface area contributed by atoms with Crippen LogP contribution in [0.15, 0.2) is 35.7 Å². The standard InChI is InChI=1S/C11H10ClN3OS/c1-7(17-11-13-6-14-15-11)10(16)8-2-4-9(12)5-3-8/h2-7H,1H3,(H,13,14,15)/t7-/m1/s1. The maximum absolute atomic E-state index is 12.1. The van der Waals surface area contributed by atoms with Gasteiger partial charge in [-0.1, -0.05) is 23.4 Å². The fourth-order valence-electron chi connectivity index (χ4n) is 1.32. The van der Waals surface area contributed by atoms with E-state index in [1.807, 2.05) is 6.92 Å². The highest BCUT2D eigenvalue weighted by Gasteiger charge is 2.17. The Kier molecular flexibility index (Phi) is 3.81. The van der Waals surface area contributed by atoms with Crippen molar-refractivity contribution < 1.29 is 4.79 Å². The molecule has 4 nitrogen and oxygen atoms in total. The molecular formula is C11H10ClN3OS. The molecular weight excluding hydrogens is 258 g/mol. The number of halogens is 1. The number of ketones is 1. The molecule has 0 aliphatic rings. The Balaban J connectivity index is 2.07. The zero-order chi connectivity index (χ0) is 12.3. The van der Waals surface area contributed by atoms with Crippen LogP contribution in [0.3, 0.4) is 0 Å². The second-order valence-electron chi connectivity index (χ2n) is 3.42. The summed E-state index contributed by atoms with van der Waals surface area (Å²) in [6.07, 6.45) is 1.42. The van der Waals surface area contributed by atoms with E-state index in [9.17, 15) is 4.79 Å². The maximum Gasteiger partial charge on any atom is 0.184 e. The van der Waals surface area contributed by atoms with Gasteiger partial charge in [-0.15, -0.1) is 0 Å². The van der Waals surface area contributed by atoms with Gasteiger partial charge in [0.25, 0.3) is 0 Å². The first kappa shape index (κ1) is 12.1. The average molecular weight is 268 g/mol. The van der Waals surface area contributed by atoms with Crippen LogP contribution >= 0.6 is 23.4 Å². The van der Waals surface area contributed by atoms with E-state index in [1.54, 1.807) is 24.3 Å². The molecule has 1 aromatic carbocycles. The van der Waals surface area contributed by atoms with Gasteiger partial charge in [0.1, 0.15) is 6.33 Å². The summed E-state index contributed by atoms with van der Waals surface area (Å²) in [5, 5.41) is 7.49. The zero-order valence-electron chi connectivity index (χ0n) is 9.05. The van der Waals surface area contributed by atoms with Crippen LogP contribution in [0.25, 0.3) is 0 Å². The number of hydrogen-bond acceptors (Lipinski definition) is 4. The van der Waals surface area contributed by atoms with E-state index in [4.69, 9.17) is 11.6 Å². The quantitative estimate of drug-likeness (QED) is 0.684. The summed E-state index contributed by atoms with van der Waals surface area (Å²) in [4.78, 5) is 16.0. The van der Waals surface area contributed by atoms with Crippen molar-refractivity contribution in [2.45, 2.75) is 17.3 Å². The number of benzene rings is 1. The molecule has 1 N–H and O–H groups in total. The lowest BCUT2D eigenvalue weighted by Gasteiger charge is -2.07. The van der Waals surface area contributed by atoms with Crippen molar-refractivity contribution in [3.05, 3.63) is 41.2 Å². The monoisotopic (exact) mass is 267 g/mol. The molecule has 0 aliphatic carbocycles. The van der Waals surface area contributed by atoms with Gasteiger partial charge in [-0.25, -0.2) is 4.98 Å². The van der Waals surface area contributed by atoms with Crippen molar-refractivity contribution in [1.29, 1.82) is 0 Å². The molecule has 0 saturated heterocycles. The maximum atomic E-state index is 12.1. The molecule has 6 heteroatoms. The molecule has 0 saturated carbocycles. The smallest absolute Gasteiger partial charge is 0.184 e. The summed E-state index contributed by atoms with van der Waals surface area (Å²) >= 11 is 7.12. The van der Waals surface area contributed by atoms with Crippen LogP contribution in [-0.4, -0.2) is 26.2 Å². The molecule has 0 fully saturated rings. The van der Waals surface area contributed by atoms with Crippen LogP contribution < -0.4 is 0 Å². The molecule has 0 spiro atoms. The molecule has 17 heavy (non-hydrogen) atoms. The second kappa shape index (κ2) is 5.33. The number of thioether (sulfide) groups is 1. The van der Waals surface area contributed by atoms with E-state index >= 15 is 0 Å². The predicted molar refractivity (Wildman–Crippen MR) is 67.5 cm³/mol. The van der Waals surface area contributed by atoms with Crippen molar-refractivity contribution in [2.75, 3.05) is 0 Å². The van der Waals surface area contributed by atoms with Crippen LogP contribution in [0.2, 0.25) is 5.02 Å². The molecule has 0 aliphatic heterocycles. The zero-order valence-corrected chi connectivity index (χ0v) is 10.6. The number of carbonyl (C=O) groups excluding carboxylic acids is 1. The molecule has 0 radical (unpaired) electrons. The Morgan fingerprint density at radius 1 is 1.41 bits per heavy atom. The van der Waals surface area contributed by atoms with Crippen molar-refractivity contribution in [1.82, 2.24) is 15.2 Å². The third-order valence-corrected chi connectivity index (χ3v) is 3.42. The SMILES string of the molecule is C[C@@H](Sc1ncn[nH]1)C(=O)c1ccc(Cl)cc1. The van der Waals surface area contributed by atoms with Gasteiger partial charge in [-0.3, -0.25) is 9.89 Å². The average Bonchev–Trinajstić information content (AvgIpc) is 2.82. The third kappa shape index (κ3) is 3.08. The number of nitrogens with zero attached hydrogens (tertiary/aromatic N) is 2. The molecule has 88 valence electrons.